The molecule has 27 heavy (non-hydrogen) atoms. The summed E-state index contributed by atoms with van der Waals surface area (Å²) in [6.07, 6.45) is 3.70. The lowest BCUT2D eigenvalue weighted by Gasteiger charge is -2.34. The minimum absolute atomic E-state index is 0.0540. The Bertz CT molecular complexity index is 773. The summed E-state index contributed by atoms with van der Waals surface area (Å²) < 4.78 is 32.2. The van der Waals surface area contributed by atoms with Crippen LogP contribution in [0.3, 0.4) is 0 Å². The molecule has 1 aromatic rings. The Morgan fingerprint density at radius 3 is 2.37 bits per heavy atom. The quantitative estimate of drug-likeness (QED) is 0.497. The first kappa shape index (κ1) is 20.0. The topological polar surface area (TPSA) is 84.0 Å². The number of ether oxygens (including phenoxy) is 1. The van der Waals surface area contributed by atoms with Crippen molar-refractivity contribution in [3.05, 3.63) is 35.4 Å². The zero-order valence-electron chi connectivity index (χ0n) is 15.6. The van der Waals surface area contributed by atoms with E-state index in [1.54, 1.807) is 28.6 Å². The summed E-state index contributed by atoms with van der Waals surface area (Å²) in [5, 5.41) is 0. The van der Waals surface area contributed by atoms with Crippen molar-refractivity contribution in [1.29, 1.82) is 0 Å². The highest BCUT2D eigenvalue weighted by Crippen LogP contribution is 2.23. The normalized spacial score (nSPS) is 20.9. The molecular weight excluding hydrogens is 368 g/mol. The Kier molecular flexibility index (Phi) is 6.29. The molecule has 1 fully saturated rings. The smallest absolute Gasteiger partial charge is 0.261 e. The molecule has 2 aliphatic rings. The lowest BCUT2D eigenvalue weighted by atomic mass is 10.0. The van der Waals surface area contributed by atoms with Crippen LogP contribution >= 0.6 is 0 Å². The minimum Gasteiger partial charge on any atom is -0.378 e. The van der Waals surface area contributed by atoms with Gasteiger partial charge in [-0.05, 0) is 31.4 Å². The number of hydrogen-bond donors (Lipinski definition) is 0. The van der Waals surface area contributed by atoms with Crippen molar-refractivity contribution in [3.63, 3.8) is 0 Å². The maximum Gasteiger partial charge on any atom is 0.261 e. The van der Waals surface area contributed by atoms with Gasteiger partial charge in [-0.3, -0.25) is 14.5 Å². The molecule has 0 unspecified atom stereocenters. The minimum atomic E-state index is -3.35. The van der Waals surface area contributed by atoms with Crippen LogP contribution in [-0.4, -0.2) is 67.5 Å². The van der Waals surface area contributed by atoms with Crippen LogP contribution in [0.2, 0.25) is 0 Å². The fraction of sp³-hybridized carbons (Fsp3) is 0.579. The third-order valence-electron chi connectivity index (χ3n) is 5.22. The van der Waals surface area contributed by atoms with Gasteiger partial charge in [0, 0.05) is 12.6 Å². The number of rotatable bonds is 8. The first-order chi connectivity index (χ1) is 13.0. The number of piperidine rings is 1. The van der Waals surface area contributed by atoms with Gasteiger partial charge in [-0.2, -0.15) is 4.31 Å². The van der Waals surface area contributed by atoms with E-state index in [9.17, 15) is 18.0 Å². The van der Waals surface area contributed by atoms with Crippen LogP contribution < -0.4 is 0 Å². The van der Waals surface area contributed by atoms with Crippen molar-refractivity contribution in [3.8, 4) is 0 Å². The highest BCUT2D eigenvalue weighted by atomic mass is 32.2. The van der Waals surface area contributed by atoms with Crippen molar-refractivity contribution in [2.45, 2.75) is 38.6 Å². The Hall–Kier alpha value is -1.77. The van der Waals surface area contributed by atoms with E-state index in [2.05, 4.69) is 0 Å². The van der Waals surface area contributed by atoms with Crippen LogP contribution in [0.15, 0.2) is 24.3 Å². The first-order valence-electron chi connectivity index (χ1n) is 9.48. The second-order valence-electron chi connectivity index (χ2n) is 6.90. The van der Waals surface area contributed by atoms with Crippen molar-refractivity contribution >= 4 is 21.8 Å². The number of hydrogen-bond acceptors (Lipinski definition) is 5. The summed E-state index contributed by atoms with van der Waals surface area (Å²) in [5.41, 5.74) is 0.807. The van der Waals surface area contributed by atoms with Gasteiger partial charge >= 0.3 is 0 Å². The van der Waals surface area contributed by atoms with Gasteiger partial charge in [-0.15, -0.1) is 0 Å². The van der Waals surface area contributed by atoms with Gasteiger partial charge < -0.3 is 4.74 Å². The lowest BCUT2D eigenvalue weighted by molar-refractivity contribution is 0.0574. The average molecular weight is 394 g/mol. The molecule has 1 saturated heterocycles. The SMILES string of the molecule is CC[C@@H]1CCCCN1S(=O)(=O)CCOCCN1C(=O)c2ccccc2C1=O. The maximum atomic E-state index is 12.6. The zero-order valence-corrected chi connectivity index (χ0v) is 16.4. The third-order valence-corrected chi connectivity index (χ3v) is 7.10. The van der Waals surface area contributed by atoms with E-state index in [1.807, 2.05) is 6.92 Å². The van der Waals surface area contributed by atoms with Crippen molar-refractivity contribution in [1.82, 2.24) is 9.21 Å². The molecule has 1 atom stereocenters. The zero-order chi connectivity index (χ0) is 19.4. The third kappa shape index (κ3) is 4.23. The molecule has 0 saturated carbocycles. The van der Waals surface area contributed by atoms with Crippen LogP contribution in [0.5, 0.6) is 0 Å². The van der Waals surface area contributed by atoms with E-state index < -0.39 is 10.0 Å². The molecule has 0 aromatic heterocycles. The molecule has 2 amide bonds. The fourth-order valence-corrected chi connectivity index (χ4v) is 5.41. The van der Waals surface area contributed by atoms with Gasteiger partial charge in [0.15, 0.2) is 0 Å². The number of imide groups is 1. The summed E-state index contributed by atoms with van der Waals surface area (Å²) in [6, 6.07) is 6.79. The standard InChI is InChI=1S/C19H26N2O5S/c1-2-15-7-5-6-10-21(15)27(24,25)14-13-26-12-11-20-18(22)16-8-3-4-9-17(16)19(20)23/h3-4,8-9,15H,2,5-7,10-14H2,1H3/t15-/m1/s1. The molecule has 0 aliphatic carbocycles. The number of carbonyl (C=O) groups is 2. The van der Waals surface area contributed by atoms with Gasteiger partial charge in [-0.1, -0.05) is 25.5 Å². The van der Waals surface area contributed by atoms with E-state index in [0.29, 0.717) is 17.7 Å². The highest BCUT2D eigenvalue weighted by molar-refractivity contribution is 7.89. The number of fused-ring (bicyclic) bond motifs is 1. The Labute approximate surface area is 160 Å². The van der Waals surface area contributed by atoms with E-state index in [4.69, 9.17) is 4.74 Å². The largest absolute Gasteiger partial charge is 0.378 e. The van der Waals surface area contributed by atoms with Crippen molar-refractivity contribution in [2.24, 2.45) is 0 Å². The maximum absolute atomic E-state index is 12.6. The molecule has 0 bridgehead atoms. The van der Waals surface area contributed by atoms with E-state index in [1.165, 1.54) is 0 Å². The molecule has 2 aliphatic heterocycles. The van der Waals surface area contributed by atoms with E-state index >= 15 is 0 Å². The van der Waals surface area contributed by atoms with Gasteiger partial charge in [-0.25, -0.2) is 8.42 Å². The molecule has 8 heteroatoms. The molecule has 0 radical (unpaired) electrons. The van der Waals surface area contributed by atoms with Gasteiger partial charge in [0.2, 0.25) is 10.0 Å². The molecule has 0 N–H and O–H groups in total. The molecule has 148 valence electrons. The number of benzene rings is 1. The van der Waals surface area contributed by atoms with Gasteiger partial charge in [0.1, 0.15) is 0 Å². The second-order valence-corrected chi connectivity index (χ2v) is 8.95. The number of nitrogens with zero attached hydrogens (tertiary/aromatic N) is 2. The molecule has 3 rings (SSSR count). The van der Waals surface area contributed by atoms with E-state index in [-0.39, 0.29) is 43.4 Å². The van der Waals surface area contributed by atoms with Crippen LogP contribution in [-0.2, 0) is 14.8 Å². The molecule has 7 nitrogen and oxygen atoms in total. The molecule has 1 aromatic carbocycles. The van der Waals surface area contributed by atoms with Crippen LogP contribution in [0.25, 0.3) is 0 Å². The van der Waals surface area contributed by atoms with Gasteiger partial charge in [0.05, 0.1) is 36.6 Å². The van der Waals surface area contributed by atoms with Crippen LogP contribution in [0, 0.1) is 0 Å². The average Bonchev–Trinajstić information content (AvgIpc) is 2.92. The summed E-state index contributed by atoms with van der Waals surface area (Å²) in [5.74, 6) is -0.733. The van der Waals surface area contributed by atoms with Crippen LogP contribution in [0.4, 0.5) is 0 Å². The number of carbonyl (C=O) groups excluding carboxylic acids is 2. The predicted molar refractivity (Wildman–Crippen MR) is 101 cm³/mol. The molecule has 0 spiro atoms. The number of amides is 2. The lowest BCUT2D eigenvalue weighted by Crippen LogP contribution is -2.45. The first-order valence-corrected chi connectivity index (χ1v) is 11.1. The summed E-state index contributed by atoms with van der Waals surface area (Å²) in [4.78, 5) is 25.7. The number of sulfonamides is 1. The van der Waals surface area contributed by atoms with Gasteiger partial charge in [0.25, 0.3) is 11.8 Å². The Morgan fingerprint density at radius 2 is 1.74 bits per heavy atom. The van der Waals surface area contributed by atoms with E-state index in [0.717, 1.165) is 30.6 Å². The fourth-order valence-electron chi connectivity index (χ4n) is 3.73. The van der Waals surface area contributed by atoms with Crippen molar-refractivity contribution in [2.75, 3.05) is 32.1 Å². The highest BCUT2D eigenvalue weighted by Gasteiger charge is 2.35. The summed E-state index contributed by atoms with van der Waals surface area (Å²) in [7, 11) is -3.35. The predicted octanol–water partition coefficient (Wildman–Crippen LogP) is 1.89. The summed E-state index contributed by atoms with van der Waals surface area (Å²) >= 11 is 0. The molecular formula is C19H26N2O5S. The van der Waals surface area contributed by atoms with Crippen LogP contribution in [0.1, 0.15) is 53.3 Å². The Balaban J connectivity index is 1.46. The Morgan fingerprint density at radius 1 is 1.07 bits per heavy atom. The van der Waals surface area contributed by atoms with Crippen molar-refractivity contribution < 1.29 is 22.7 Å². The molecule has 2 heterocycles. The monoisotopic (exact) mass is 394 g/mol. The second kappa shape index (κ2) is 8.50. The summed E-state index contributed by atoms with van der Waals surface area (Å²) in [6.45, 7) is 2.89.